The zero-order chi connectivity index (χ0) is 26.9. The lowest BCUT2D eigenvalue weighted by atomic mass is 9.75. The van der Waals surface area contributed by atoms with Crippen molar-refractivity contribution in [2.75, 3.05) is 19.8 Å². The van der Waals surface area contributed by atoms with E-state index in [4.69, 9.17) is 28.4 Å². The monoisotopic (exact) mass is 510 g/mol. The standard InChI is InChI=1S/C27H42O9/c1-7-22(31-10-4)16-34-25(28)19-13-20(26(29)35-17-23(8-2)32-11-5)15-21(14-19)27(30)36-18-24(9-3)33-12-6/h10-12,19-24H,4-9,13-18H2,1-3H3. The van der Waals surface area contributed by atoms with Gasteiger partial charge in [0.05, 0.1) is 36.5 Å². The van der Waals surface area contributed by atoms with Gasteiger partial charge in [-0.25, -0.2) is 0 Å². The van der Waals surface area contributed by atoms with Gasteiger partial charge in [-0.2, -0.15) is 0 Å². The normalized spacial score (nSPS) is 21.6. The zero-order valence-electron chi connectivity index (χ0n) is 21.9. The summed E-state index contributed by atoms with van der Waals surface area (Å²) >= 11 is 0. The second kappa shape index (κ2) is 17.5. The van der Waals surface area contributed by atoms with Crippen molar-refractivity contribution in [1.82, 2.24) is 0 Å². The third-order valence-corrected chi connectivity index (χ3v) is 6.17. The maximum Gasteiger partial charge on any atom is 0.309 e. The molecule has 9 nitrogen and oxygen atoms in total. The van der Waals surface area contributed by atoms with Crippen molar-refractivity contribution in [3.63, 3.8) is 0 Å². The molecule has 1 fully saturated rings. The van der Waals surface area contributed by atoms with Gasteiger partial charge in [-0.15, -0.1) is 0 Å². The third kappa shape index (κ3) is 10.7. The highest BCUT2D eigenvalue weighted by Crippen LogP contribution is 2.36. The van der Waals surface area contributed by atoms with Gasteiger partial charge in [0, 0.05) is 0 Å². The number of ether oxygens (including phenoxy) is 6. The summed E-state index contributed by atoms with van der Waals surface area (Å²) in [4.78, 5) is 38.7. The maximum absolute atomic E-state index is 12.9. The van der Waals surface area contributed by atoms with Gasteiger partial charge in [0.1, 0.15) is 38.1 Å². The van der Waals surface area contributed by atoms with Crippen LogP contribution >= 0.6 is 0 Å². The molecule has 0 saturated heterocycles. The second-order valence-electron chi connectivity index (χ2n) is 8.69. The van der Waals surface area contributed by atoms with Gasteiger partial charge in [-0.1, -0.05) is 40.5 Å². The topological polar surface area (TPSA) is 107 Å². The largest absolute Gasteiger partial charge is 0.495 e. The second-order valence-corrected chi connectivity index (χ2v) is 8.69. The lowest BCUT2D eigenvalue weighted by Gasteiger charge is -2.32. The van der Waals surface area contributed by atoms with Crippen LogP contribution in [0.2, 0.25) is 0 Å². The molecule has 0 aromatic carbocycles. The number of carbonyl (C=O) groups excluding carboxylic acids is 3. The lowest BCUT2D eigenvalue weighted by molar-refractivity contribution is -0.164. The summed E-state index contributed by atoms with van der Waals surface area (Å²) in [5.74, 6) is -3.44. The minimum atomic E-state index is -0.659. The van der Waals surface area contributed by atoms with Gasteiger partial charge < -0.3 is 28.4 Å². The summed E-state index contributed by atoms with van der Waals surface area (Å²) in [6.07, 6.45) is 5.51. The highest BCUT2D eigenvalue weighted by Gasteiger charge is 2.41. The molecule has 0 radical (unpaired) electrons. The number of hydrogen-bond acceptors (Lipinski definition) is 9. The van der Waals surface area contributed by atoms with Crippen LogP contribution in [0.3, 0.4) is 0 Å². The molecule has 1 saturated carbocycles. The molecule has 1 aliphatic carbocycles. The van der Waals surface area contributed by atoms with E-state index in [1.54, 1.807) is 0 Å². The number of hydrogen-bond donors (Lipinski definition) is 0. The summed E-state index contributed by atoms with van der Waals surface area (Å²) in [6, 6.07) is 0. The SMILES string of the molecule is C=COC(CC)COC(=O)C1CC(C(=O)OCC(CC)OC=C)CC(C(=O)OCC(CC)OC=C)C1. The highest BCUT2D eigenvalue weighted by molar-refractivity contribution is 5.80. The molecule has 1 aliphatic rings. The lowest BCUT2D eigenvalue weighted by Crippen LogP contribution is -2.38. The highest BCUT2D eigenvalue weighted by atomic mass is 16.6. The van der Waals surface area contributed by atoms with E-state index in [0.717, 1.165) is 0 Å². The van der Waals surface area contributed by atoms with Gasteiger partial charge in [-0.3, -0.25) is 14.4 Å². The molecule has 0 N–H and O–H groups in total. The van der Waals surface area contributed by atoms with Crippen molar-refractivity contribution in [2.24, 2.45) is 17.8 Å². The Bertz CT molecular complexity index is 619. The van der Waals surface area contributed by atoms with Crippen LogP contribution in [0.5, 0.6) is 0 Å². The Morgan fingerprint density at radius 3 is 1.06 bits per heavy atom. The molecule has 1 rings (SSSR count). The Morgan fingerprint density at radius 1 is 0.611 bits per heavy atom. The van der Waals surface area contributed by atoms with E-state index < -0.39 is 35.7 Å². The summed E-state index contributed by atoms with van der Waals surface area (Å²) in [5.41, 5.74) is 0. The van der Waals surface area contributed by atoms with Crippen LogP contribution in [0.1, 0.15) is 59.3 Å². The summed E-state index contributed by atoms with van der Waals surface area (Å²) in [6.45, 7) is 16.4. The van der Waals surface area contributed by atoms with Gasteiger partial charge in [0.25, 0.3) is 0 Å². The molecule has 0 aliphatic heterocycles. The Kier molecular flexibility index (Phi) is 15.1. The van der Waals surface area contributed by atoms with Crippen molar-refractivity contribution >= 4 is 17.9 Å². The average Bonchev–Trinajstić information content (AvgIpc) is 2.90. The predicted octanol–water partition coefficient (Wildman–Crippen LogP) is 4.46. The van der Waals surface area contributed by atoms with Gasteiger partial charge >= 0.3 is 17.9 Å². The molecular formula is C27H42O9. The van der Waals surface area contributed by atoms with Crippen LogP contribution < -0.4 is 0 Å². The van der Waals surface area contributed by atoms with E-state index in [0.29, 0.717) is 19.3 Å². The quantitative estimate of drug-likeness (QED) is 0.150. The Morgan fingerprint density at radius 2 is 0.861 bits per heavy atom. The van der Waals surface area contributed by atoms with Crippen LogP contribution in [-0.4, -0.2) is 56.0 Å². The Balaban J connectivity index is 2.90. The summed E-state index contributed by atoms with van der Waals surface area (Å²) in [5, 5.41) is 0. The fraction of sp³-hybridized carbons (Fsp3) is 0.667. The van der Waals surface area contributed by atoms with Crippen molar-refractivity contribution in [1.29, 1.82) is 0 Å². The molecule has 0 aromatic heterocycles. The van der Waals surface area contributed by atoms with Gasteiger partial charge in [0.2, 0.25) is 0 Å². The molecular weight excluding hydrogens is 468 g/mol. The minimum absolute atomic E-state index is 0.0518. The maximum atomic E-state index is 12.9. The van der Waals surface area contributed by atoms with Gasteiger partial charge in [0.15, 0.2) is 0 Å². The first kappa shape index (κ1) is 31.1. The average molecular weight is 511 g/mol. The first-order chi connectivity index (χ1) is 17.3. The van der Waals surface area contributed by atoms with E-state index in [1.165, 1.54) is 18.8 Å². The Hall–Kier alpha value is -2.97. The molecule has 3 atom stereocenters. The van der Waals surface area contributed by atoms with Crippen LogP contribution in [0.4, 0.5) is 0 Å². The van der Waals surface area contributed by atoms with E-state index in [9.17, 15) is 14.4 Å². The molecule has 36 heavy (non-hydrogen) atoms. The van der Waals surface area contributed by atoms with Crippen LogP contribution in [0, 0.1) is 17.8 Å². The smallest absolute Gasteiger partial charge is 0.309 e. The van der Waals surface area contributed by atoms with Crippen LogP contribution in [-0.2, 0) is 42.8 Å². The molecule has 0 heterocycles. The van der Waals surface area contributed by atoms with E-state index in [-0.39, 0.29) is 57.4 Å². The van der Waals surface area contributed by atoms with E-state index >= 15 is 0 Å². The summed E-state index contributed by atoms with van der Waals surface area (Å²) in [7, 11) is 0. The number of carbonyl (C=O) groups is 3. The van der Waals surface area contributed by atoms with Crippen LogP contribution in [0.25, 0.3) is 0 Å². The van der Waals surface area contributed by atoms with Crippen LogP contribution in [0.15, 0.2) is 38.5 Å². The number of esters is 3. The van der Waals surface area contributed by atoms with Crippen molar-refractivity contribution in [2.45, 2.75) is 77.6 Å². The fourth-order valence-corrected chi connectivity index (χ4v) is 3.94. The summed E-state index contributed by atoms with van der Waals surface area (Å²) < 4.78 is 32.3. The molecule has 0 amide bonds. The molecule has 204 valence electrons. The molecule has 0 bridgehead atoms. The third-order valence-electron chi connectivity index (χ3n) is 6.17. The Labute approximate surface area is 214 Å². The van der Waals surface area contributed by atoms with E-state index in [1.807, 2.05) is 20.8 Å². The van der Waals surface area contributed by atoms with Crippen molar-refractivity contribution < 1.29 is 42.8 Å². The molecule has 0 aromatic rings. The first-order valence-electron chi connectivity index (χ1n) is 12.6. The van der Waals surface area contributed by atoms with E-state index in [2.05, 4.69) is 19.7 Å². The fourth-order valence-electron chi connectivity index (χ4n) is 3.94. The first-order valence-corrected chi connectivity index (χ1v) is 12.6. The van der Waals surface area contributed by atoms with Crippen molar-refractivity contribution in [3.05, 3.63) is 38.5 Å². The van der Waals surface area contributed by atoms with Crippen molar-refractivity contribution in [3.8, 4) is 0 Å². The molecule has 3 unspecified atom stereocenters. The van der Waals surface area contributed by atoms with Gasteiger partial charge in [-0.05, 0) is 38.5 Å². The molecule has 9 heteroatoms. The molecule has 0 spiro atoms. The predicted molar refractivity (Wildman–Crippen MR) is 133 cm³/mol. The minimum Gasteiger partial charge on any atom is -0.495 e. The zero-order valence-corrected chi connectivity index (χ0v) is 21.9. The number of rotatable bonds is 18.